The molecular weight excluding hydrogens is 493 g/mol. The average molecular weight is 516 g/mol. The summed E-state index contributed by atoms with van der Waals surface area (Å²) in [7, 11) is 0. The molecule has 0 amide bonds. The molecule has 8 heteroatoms. The Hall–Kier alpha value is -1.62. The summed E-state index contributed by atoms with van der Waals surface area (Å²) in [6.07, 6.45) is 0. The highest BCUT2D eigenvalue weighted by Gasteiger charge is 2.31. The summed E-state index contributed by atoms with van der Waals surface area (Å²) in [5.74, 6) is -1.55. The average Bonchev–Trinajstić information content (AvgIpc) is 2.69. The molecule has 1 unspecified atom stereocenters. The molecule has 5 nitrogen and oxygen atoms in total. The van der Waals surface area contributed by atoms with Crippen molar-refractivity contribution in [3.8, 4) is 0 Å². The lowest BCUT2D eigenvalue weighted by Gasteiger charge is -2.42. The molecule has 1 fully saturated rings. The van der Waals surface area contributed by atoms with Crippen LogP contribution in [0.15, 0.2) is 48.5 Å². The molecule has 2 aromatic carbocycles. The van der Waals surface area contributed by atoms with Crippen LogP contribution < -0.4 is 0 Å². The van der Waals surface area contributed by atoms with Crippen molar-refractivity contribution in [2.45, 2.75) is 10.1 Å². The molecule has 0 radical (unpaired) electrons. The molecule has 0 aliphatic carbocycles. The van der Waals surface area contributed by atoms with E-state index in [1.165, 1.54) is 24.3 Å². The number of carboxylic acid groups (broad SMARTS) is 1. The highest BCUT2D eigenvalue weighted by atomic mass is 127. The number of carbonyl (C=O) groups is 1. The van der Waals surface area contributed by atoms with Gasteiger partial charge in [0.25, 0.3) is 0 Å². The number of alkyl halides is 1. The molecule has 156 valence electrons. The summed E-state index contributed by atoms with van der Waals surface area (Å²) >= 11 is 2.37. The van der Waals surface area contributed by atoms with Crippen LogP contribution in [0.2, 0.25) is 0 Å². The van der Waals surface area contributed by atoms with Crippen molar-refractivity contribution in [3.63, 3.8) is 0 Å². The zero-order valence-corrected chi connectivity index (χ0v) is 18.0. The lowest BCUT2D eigenvalue weighted by Crippen LogP contribution is -2.52. The van der Waals surface area contributed by atoms with Crippen LogP contribution in [0.25, 0.3) is 0 Å². The van der Waals surface area contributed by atoms with Crippen molar-refractivity contribution in [3.05, 3.63) is 71.3 Å². The lowest BCUT2D eigenvalue weighted by atomic mass is 9.96. The topological polar surface area (TPSA) is 53.0 Å². The summed E-state index contributed by atoms with van der Waals surface area (Å²) in [6, 6.07) is 12.8. The number of nitrogens with zero attached hydrogens (tertiary/aromatic N) is 2. The van der Waals surface area contributed by atoms with Crippen LogP contribution in [0.3, 0.4) is 0 Å². The SMILES string of the molecule is O=C(O)COCCN1CCN(C(c2ccc(F)cc2)c2ccc(F)cc2)CC1I. The number of aliphatic carboxylic acids is 1. The number of ether oxygens (including phenoxy) is 1. The monoisotopic (exact) mass is 516 g/mol. The van der Waals surface area contributed by atoms with Gasteiger partial charge in [-0.25, -0.2) is 13.6 Å². The zero-order valence-electron chi connectivity index (χ0n) is 15.8. The maximum absolute atomic E-state index is 13.4. The number of halogens is 3. The van der Waals surface area contributed by atoms with Crippen molar-refractivity contribution in [2.24, 2.45) is 0 Å². The van der Waals surface area contributed by atoms with Crippen LogP contribution >= 0.6 is 22.6 Å². The number of piperazine rings is 1. The molecule has 1 heterocycles. The van der Waals surface area contributed by atoms with Gasteiger partial charge >= 0.3 is 5.97 Å². The van der Waals surface area contributed by atoms with E-state index in [0.717, 1.165) is 30.8 Å². The van der Waals surface area contributed by atoms with Gasteiger partial charge in [0.05, 0.1) is 16.7 Å². The van der Waals surface area contributed by atoms with E-state index >= 15 is 0 Å². The first-order chi connectivity index (χ1) is 13.9. The fraction of sp³-hybridized carbons (Fsp3) is 0.381. The highest BCUT2D eigenvalue weighted by Crippen LogP contribution is 2.32. The normalized spacial score (nSPS) is 18.3. The molecule has 3 rings (SSSR count). The van der Waals surface area contributed by atoms with Crippen molar-refractivity contribution < 1.29 is 23.4 Å². The van der Waals surface area contributed by atoms with Crippen molar-refractivity contribution in [1.82, 2.24) is 9.80 Å². The van der Waals surface area contributed by atoms with E-state index in [4.69, 9.17) is 9.84 Å². The van der Waals surface area contributed by atoms with Gasteiger partial charge in [0.1, 0.15) is 18.2 Å². The van der Waals surface area contributed by atoms with E-state index in [1.54, 1.807) is 24.3 Å². The first kappa shape index (κ1) is 22.1. The van der Waals surface area contributed by atoms with Crippen LogP contribution in [0.1, 0.15) is 17.2 Å². The number of hydrogen-bond donors (Lipinski definition) is 1. The van der Waals surface area contributed by atoms with Gasteiger partial charge in [0.15, 0.2) is 0 Å². The third kappa shape index (κ3) is 6.18. The molecule has 0 saturated carbocycles. The Morgan fingerprint density at radius 3 is 2.10 bits per heavy atom. The second-order valence-electron chi connectivity index (χ2n) is 6.92. The summed E-state index contributed by atoms with van der Waals surface area (Å²) in [5, 5.41) is 8.66. The van der Waals surface area contributed by atoms with E-state index < -0.39 is 5.97 Å². The minimum atomic E-state index is -0.970. The third-order valence-electron chi connectivity index (χ3n) is 4.94. The first-order valence-electron chi connectivity index (χ1n) is 9.36. The van der Waals surface area contributed by atoms with Crippen LogP contribution in [0.4, 0.5) is 8.78 Å². The fourth-order valence-electron chi connectivity index (χ4n) is 3.53. The van der Waals surface area contributed by atoms with Gasteiger partial charge in [-0.1, -0.05) is 46.9 Å². The summed E-state index contributed by atoms with van der Waals surface area (Å²) < 4.78 is 32.2. The van der Waals surface area contributed by atoms with Crippen LogP contribution in [0.5, 0.6) is 0 Å². The Bertz CT molecular complexity index is 759. The van der Waals surface area contributed by atoms with Gasteiger partial charge < -0.3 is 9.84 Å². The Kier molecular flexibility index (Phi) is 7.93. The van der Waals surface area contributed by atoms with Crippen molar-refractivity contribution >= 4 is 28.6 Å². The maximum atomic E-state index is 13.4. The molecule has 1 aliphatic heterocycles. The minimum absolute atomic E-state index is 0.0983. The highest BCUT2D eigenvalue weighted by molar-refractivity contribution is 14.1. The number of hydrogen-bond acceptors (Lipinski definition) is 4. The molecule has 0 bridgehead atoms. The molecule has 0 aromatic heterocycles. The van der Waals surface area contributed by atoms with E-state index in [-0.39, 0.29) is 28.3 Å². The van der Waals surface area contributed by atoms with Crippen LogP contribution in [-0.4, -0.2) is 64.3 Å². The summed E-state index contributed by atoms with van der Waals surface area (Å²) in [6.45, 7) is 3.07. The van der Waals surface area contributed by atoms with Gasteiger partial charge in [0, 0.05) is 26.2 Å². The fourth-order valence-corrected chi connectivity index (χ4v) is 4.59. The Balaban J connectivity index is 1.71. The van der Waals surface area contributed by atoms with E-state index in [1.807, 2.05) is 0 Å². The Morgan fingerprint density at radius 1 is 1.07 bits per heavy atom. The number of benzene rings is 2. The molecular formula is C21H23F2IN2O3. The number of rotatable bonds is 8. The van der Waals surface area contributed by atoms with E-state index in [2.05, 4.69) is 32.4 Å². The zero-order chi connectivity index (χ0) is 20.8. The standard InChI is InChI=1S/C21H23F2IN2O3/c22-17-5-1-15(2-6-17)21(16-3-7-18(23)8-4-16)26-10-9-25(19(24)13-26)11-12-29-14-20(27)28/h1-8,19,21H,9-14H2,(H,27,28). The lowest BCUT2D eigenvalue weighted by molar-refractivity contribution is -0.142. The molecule has 2 aromatic rings. The second kappa shape index (κ2) is 10.4. The first-order valence-corrected chi connectivity index (χ1v) is 10.6. The second-order valence-corrected chi connectivity index (χ2v) is 8.36. The molecule has 1 atom stereocenters. The maximum Gasteiger partial charge on any atom is 0.329 e. The third-order valence-corrected chi connectivity index (χ3v) is 6.12. The number of carboxylic acids is 1. The summed E-state index contributed by atoms with van der Waals surface area (Å²) in [5.41, 5.74) is 1.92. The van der Waals surface area contributed by atoms with Crippen molar-refractivity contribution in [1.29, 1.82) is 0 Å². The largest absolute Gasteiger partial charge is 0.480 e. The smallest absolute Gasteiger partial charge is 0.329 e. The molecule has 1 aliphatic rings. The van der Waals surface area contributed by atoms with Crippen LogP contribution in [-0.2, 0) is 9.53 Å². The Morgan fingerprint density at radius 2 is 1.62 bits per heavy atom. The summed E-state index contributed by atoms with van der Waals surface area (Å²) in [4.78, 5) is 15.1. The predicted molar refractivity (Wildman–Crippen MR) is 114 cm³/mol. The van der Waals surface area contributed by atoms with Gasteiger partial charge in [-0.05, 0) is 35.4 Å². The van der Waals surface area contributed by atoms with Gasteiger partial charge in [-0.15, -0.1) is 0 Å². The van der Waals surface area contributed by atoms with Crippen LogP contribution in [0, 0.1) is 11.6 Å². The minimum Gasteiger partial charge on any atom is -0.480 e. The Labute approximate surface area is 182 Å². The predicted octanol–water partition coefficient (Wildman–Crippen LogP) is 3.53. The van der Waals surface area contributed by atoms with E-state index in [9.17, 15) is 13.6 Å². The van der Waals surface area contributed by atoms with Gasteiger partial charge in [-0.2, -0.15) is 0 Å². The molecule has 29 heavy (non-hydrogen) atoms. The molecule has 1 saturated heterocycles. The van der Waals surface area contributed by atoms with Gasteiger partial charge in [0.2, 0.25) is 0 Å². The van der Waals surface area contributed by atoms with Gasteiger partial charge in [-0.3, -0.25) is 9.80 Å². The molecule has 1 N–H and O–H groups in total. The quantitative estimate of drug-likeness (QED) is 0.252. The molecule has 0 spiro atoms. The van der Waals surface area contributed by atoms with E-state index in [0.29, 0.717) is 13.2 Å². The van der Waals surface area contributed by atoms with Crippen molar-refractivity contribution in [2.75, 3.05) is 39.4 Å².